The molecule has 0 radical (unpaired) electrons. The zero-order chi connectivity index (χ0) is 13.4. The SMILES string of the molecule is CC(C)(C)NCC1(Cc2cc(Cl)ccc2F)CC1. The molecule has 0 amide bonds. The number of nitrogens with one attached hydrogen (secondary N) is 1. The largest absolute Gasteiger partial charge is 0.312 e. The van der Waals surface area contributed by atoms with Gasteiger partial charge in [-0.2, -0.15) is 0 Å². The standard InChI is InChI=1S/C15H21ClFN/c1-14(2,3)18-10-15(6-7-15)9-11-8-12(16)4-5-13(11)17/h4-5,8,18H,6-7,9-10H2,1-3H3. The van der Waals surface area contributed by atoms with Crippen molar-refractivity contribution in [3.05, 3.63) is 34.6 Å². The van der Waals surface area contributed by atoms with Crippen LogP contribution in [-0.2, 0) is 6.42 Å². The average molecular weight is 270 g/mol. The first kappa shape index (κ1) is 13.8. The zero-order valence-electron chi connectivity index (χ0n) is 11.3. The summed E-state index contributed by atoms with van der Waals surface area (Å²) < 4.78 is 13.7. The van der Waals surface area contributed by atoms with Gasteiger partial charge in [0.15, 0.2) is 0 Å². The monoisotopic (exact) mass is 269 g/mol. The summed E-state index contributed by atoms with van der Waals surface area (Å²) in [6.07, 6.45) is 3.12. The number of benzene rings is 1. The molecule has 1 aliphatic rings. The van der Waals surface area contributed by atoms with E-state index in [0.29, 0.717) is 5.02 Å². The van der Waals surface area contributed by atoms with Crippen molar-refractivity contribution in [2.24, 2.45) is 5.41 Å². The summed E-state index contributed by atoms with van der Waals surface area (Å²) in [4.78, 5) is 0. The van der Waals surface area contributed by atoms with Crippen molar-refractivity contribution >= 4 is 11.6 Å². The predicted molar refractivity (Wildman–Crippen MR) is 74.5 cm³/mol. The maximum absolute atomic E-state index is 13.7. The molecule has 0 aliphatic heterocycles. The molecule has 1 N–H and O–H groups in total. The molecule has 0 bridgehead atoms. The van der Waals surface area contributed by atoms with Gasteiger partial charge in [-0.15, -0.1) is 0 Å². The summed E-state index contributed by atoms with van der Waals surface area (Å²) >= 11 is 5.93. The van der Waals surface area contributed by atoms with Crippen molar-refractivity contribution in [2.75, 3.05) is 6.54 Å². The third kappa shape index (κ3) is 3.69. The number of rotatable bonds is 4. The Hall–Kier alpha value is -0.600. The lowest BCUT2D eigenvalue weighted by atomic mass is 9.95. The normalized spacial score (nSPS) is 17.8. The molecule has 1 saturated carbocycles. The summed E-state index contributed by atoms with van der Waals surface area (Å²) in [5.41, 5.74) is 1.09. The molecule has 0 saturated heterocycles. The second-order valence-electron chi connectivity index (χ2n) is 6.52. The maximum Gasteiger partial charge on any atom is 0.126 e. The molecule has 18 heavy (non-hydrogen) atoms. The molecule has 3 heteroatoms. The van der Waals surface area contributed by atoms with Gasteiger partial charge < -0.3 is 5.32 Å². The van der Waals surface area contributed by atoms with Crippen molar-refractivity contribution in [3.63, 3.8) is 0 Å². The third-order valence-electron chi connectivity index (χ3n) is 3.52. The highest BCUT2D eigenvalue weighted by Crippen LogP contribution is 2.48. The molecule has 0 aromatic heterocycles. The highest BCUT2D eigenvalue weighted by atomic mass is 35.5. The first-order valence-corrected chi connectivity index (χ1v) is 6.87. The summed E-state index contributed by atoms with van der Waals surface area (Å²) in [6, 6.07) is 4.83. The van der Waals surface area contributed by atoms with Crippen LogP contribution in [0.4, 0.5) is 4.39 Å². The van der Waals surface area contributed by atoms with Crippen molar-refractivity contribution in [1.82, 2.24) is 5.32 Å². The molecule has 1 aliphatic carbocycles. The molecule has 0 unspecified atom stereocenters. The molecule has 1 aromatic rings. The van der Waals surface area contributed by atoms with Gasteiger partial charge >= 0.3 is 0 Å². The lowest BCUT2D eigenvalue weighted by molar-refractivity contribution is 0.354. The lowest BCUT2D eigenvalue weighted by Gasteiger charge is -2.25. The Labute approximate surface area is 114 Å². The Bertz CT molecular complexity index is 433. The van der Waals surface area contributed by atoms with Crippen LogP contribution < -0.4 is 5.32 Å². The average Bonchev–Trinajstić information content (AvgIpc) is 3.01. The van der Waals surface area contributed by atoms with Crippen molar-refractivity contribution in [3.8, 4) is 0 Å². The molecule has 1 nitrogen and oxygen atoms in total. The Balaban J connectivity index is 2.02. The van der Waals surface area contributed by atoms with Gasteiger partial charge in [-0.3, -0.25) is 0 Å². The number of hydrogen-bond acceptors (Lipinski definition) is 1. The highest BCUT2D eigenvalue weighted by Gasteiger charge is 2.43. The molecule has 100 valence electrons. The van der Waals surface area contributed by atoms with Crippen LogP contribution in [0, 0.1) is 11.2 Å². The molecular weight excluding hydrogens is 249 g/mol. The Kier molecular flexibility index (Phi) is 3.70. The molecule has 0 heterocycles. The van der Waals surface area contributed by atoms with E-state index in [1.807, 2.05) is 0 Å². The second kappa shape index (κ2) is 4.82. The number of halogens is 2. The molecular formula is C15H21ClFN. The van der Waals surface area contributed by atoms with E-state index in [1.165, 1.54) is 18.9 Å². The summed E-state index contributed by atoms with van der Waals surface area (Å²) in [5, 5.41) is 4.14. The fourth-order valence-corrected chi connectivity index (χ4v) is 2.32. The van der Waals surface area contributed by atoms with Gasteiger partial charge in [0, 0.05) is 17.1 Å². The first-order valence-electron chi connectivity index (χ1n) is 6.49. The van der Waals surface area contributed by atoms with Crippen LogP contribution in [0.2, 0.25) is 5.02 Å². The Morgan fingerprint density at radius 3 is 2.56 bits per heavy atom. The van der Waals surface area contributed by atoms with E-state index in [9.17, 15) is 4.39 Å². The number of hydrogen-bond donors (Lipinski definition) is 1. The fraction of sp³-hybridized carbons (Fsp3) is 0.600. The quantitative estimate of drug-likeness (QED) is 0.864. The van der Waals surface area contributed by atoms with Crippen molar-refractivity contribution in [1.29, 1.82) is 0 Å². The smallest absolute Gasteiger partial charge is 0.126 e. The first-order chi connectivity index (χ1) is 8.30. The van der Waals surface area contributed by atoms with Crippen LogP contribution in [0.25, 0.3) is 0 Å². The molecule has 2 rings (SSSR count). The van der Waals surface area contributed by atoms with E-state index in [2.05, 4.69) is 26.1 Å². The molecule has 0 atom stereocenters. The summed E-state index contributed by atoms with van der Waals surface area (Å²) in [5.74, 6) is -0.138. The second-order valence-corrected chi connectivity index (χ2v) is 6.95. The predicted octanol–water partition coefficient (Wildman–Crippen LogP) is 4.19. The zero-order valence-corrected chi connectivity index (χ0v) is 12.1. The van der Waals surface area contributed by atoms with Crippen molar-refractivity contribution in [2.45, 2.75) is 45.6 Å². The van der Waals surface area contributed by atoms with Crippen molar-refractivity contribution < 1.29 is 4.39 Å². The van der Waals surface area contributed by atoms with Gasteiger partial charge in [0.2, 0.25) is 0 Å². The van der Waals surface area contributed by atoms with Crippen LogP contribution in [-0.4, -0.2) is 12.1 Å². The van der Waals surface area contributed by atoms with Crippen LogP contribution in [0.5, 0.6) is 0 Å². The van der Waals surface area contributed by atoms with E-state index in [0.717, 1.165) is 18.5 Å². The fourth-order valence-electron chi connectivity index (χ4n) is 2.13. The minimum absolute atomic E-state index is 0.114. The van der Waals surface area contributed by atoms with Gasteiger partial charge in [0.1, 0.15) is 5.82 Å². The Morgan fingerprint density at radius 2 is 2.00 bits per heavy atom. The van der Waals surface area contributed by atoms with Crippen LogP contribution in [0.1, 0.15) is 39.2 Å². The van der Waals surface area contributed by atoms with E-state index >= 15 is 0 Å². The summed E-state index contributed by atoms with van der Waals surface area (Å²) in [7, 11) is 0. The molecule has 1 aromatic carbocycles. The van der Waals surface area contributed by atoms with Gasteiger partial charge in [-0.25, -0.2) is 4.39 Å². The topological polar surface area (TPSA) is 12.0 Å². The van der Waals surface area contributed by atoms with Gasteiger partial charge in [-0.05, 0) is 69.2 Å². The van der Waals surface area contributed by atoms with E-state index in [4.69, 9.17) is 11.6 Å². The van der Waals surface area contributed by atoms with E-state index in [-0.39, 0.29) is 16.8 Å². The maximum atomic E-state index is 13.7. The van der Waals surface area contributed by atoms with E-state index in [1.54, 1.807) is 12.1 Å². The summed E-state index contributed by atoms with van der Waals surface area (Å²) in [6.45, 7) is 7.41. The minimum Gasteiger partial charge on any atom is -0.312 e. The third-order valence-corrected chi connectivity index (χ3v) is 3.76. The minimum atomic E-state index is -0.138. The van der Waals surface area contributed by atoms with Crippen LogP contribution >= 0.6 is 11.6 Å². The van der Waals surface area contributed by atoms with Gasteiger partial charge in [0.05, 0.1) is 0 Å². The molecule has 0 spiro atoms. The Morgan fingerprint density at radius 1 is 1.33 bits per heavy atom. The highest BCUT2D eigenvalue weighted by molar-refractivity contribution is 6.30. The van der Waals surface area contributed by atoms with E-state index < -0.39 is 0 Å². The van der Waals surface area contributed by atoms with Crippen LogP contribution in [0.15, 0.2) is 18.2 Å². The van der Waals surface area contributed by atoms with Gasteiger partial charge in [-0.1, -0.05) is 11.6 Å². The van der Waals surface area contributed by atoms with Gasteiger partial charge in [0.25, 0.3) is 0 Å². The molecule has 1 fully saturated rings. The van der Waals surface area contributed by atoms with Crippen LogP contribution in [0.3, 0.4) is 0 Å². The lowest BCUT2D eigenvalue weighted by Crippen LogP contribution is -2.40.